The molecule has 198 valence electrons. The summed E-state index contributed by atoms with van der Waals surface area (Å²) in [6, 6.07) is 0. The highest BCUT2D eigenvalue weighted by Gasteiger charge is 2.45. The molecule has 0 aromatic carbocycles. The lowest BCUT2D eigenvalue weighted by Gasteiger charge is -2.51. The molecule has 0 unspecified atom stereocenters. The molecule has 0 atom stereocenters. The van der Waals surface area contributed by atoms with Gasteiger partial charge in [-0.1, -0.05) is 0 Å². The van der Waals surface area contributed by atoms with E-state index in [0.717, 1.165) is 25.7 Å². The second-order valence-corrected chi connectivity index (χ2v) is 12.0. The highest BCUT2D eigenvalue weighted by molar-refractivity contribution is 5.88. The third-order valence-electron chi connectivity index (χ3n) is 6.63. The minimum atomic E-state index is -0.0698. The van der Waals surface area contributed by atoms with Gasteiger partial charge in [-0.2, -0.15) is 10.1 Å². The molecule has 0 bridgehead atoms. The lowest BCUT2D eigenvalue weighted by Crippen LogP contribution is -2.60. The Morgan fingerprint density at radius 3 is 1.12 bits per heavy atom. The minimum Gasteiger partial charge on any atom is -0.377 e. The zero-order valence-corrected chi connectivity index (χ0v) is 23.5. The fourth-order valence-corrected chi connectivity index (χ4v) is 6.12. The largest absolute Gasteiger partial charge is 0.377 e. The quantitative estimate of drug-likeness (QED) is 0.408. The van der Waals surface area contributed by atoms with Crippen molar-refractivity contribution in [2.24, 2.45) is 9.98 Å². The molecular formula is C26H50N4O4. The first-order chi connectivity index (χ1) is 15.7. The molecule has 0 amide bonds. The van der Waals surface area contributed by atoms with Crippen LogP contribution < -0.4 is 0 Å². The average molecular weight is 483 g/mol. The summed E-state index contributed by atoms with van der Waals surface area (Å²) in [6.45, 7) is 21.4. The van der Waals surface area contributed by atoms with Crippen molar-refractivity contribution >= 4 is 11.4 Å². The van der Waals surface area contributed by atoms with Crippen molar-refractivity contribution in [1.82, 2.24) is 10.1 Å². The number of piperidine rings is 2. The van der Waals surface area contributed by atoms with Crippen LogP contribution >= 0.6 is 0 Å². The Morgan fingerprint density at radius 2 is 0.853 bits per heavy atom. The van der Waals surface area contributed by atoms with Crippen molar-refractivity contribution in [3.05, 3.63) is 0 Å². The van der Waals surface area contributed by atoms with E-state index in [-0.39, 0.29) is 22.2 Å². The maximum atomic E-state index is 5.72. The summed E-state index contributed by atoms with van der Waals surface area (Å²) in [4.78, 5) is 20.9. The van der Waals surface area contributed by atoms with Crippen LogP contribution in [-0.4, -0.2) is 97.4 Å². The van der Waals surface area contributed by atoms with Gasteiger partial charge in [0.1, 0.15) is 0 Å². The molecule has 8 nitrogen and oxygen atoms in total. The van der Waals surface area contributed by atoms with Gasteiger partial charge in [0.2, 0.25) is 0 Å². The van der Waals surface area contributed by atoms with Gasteiger partial charge in [-0.3, -0.25) is 9.98 Å². The number of ether oxygens (including phenoxy) is 2. The van der Waals surface area contributed by atoms with Crippen LogP contribution in [0.3, 0.4) is 0 Å². The van der Waals surface area contributed by atoms with Crippen LogP contribution in [0.2, 0.25) is 0 Å². The maximum absolute atomic E-state index is 5.72. The summed E-state index contributed by atoms with van der Waals surface area (Å²) in [7, 11) is 3.50. The molecule has 2 heterocycles. The lowest BCUT2D eigenvalue weighted by atomic mass is 9.80. The van der Waals surface area contributed by atoms with Gasteiger partial charge in [-0.05, 0) is 55.4 Å². The maximum Gasteiger partial charge on any atom is 0.0701 e. The van der Waals surface area contributed by atoms with E-state index in [0.29, 0.717) is 39.5 Å². The van der Waals surface area contributed by atoms with E-state index in [1.54, 1.807) is 14.2 Å². The van der Waals surface area contributed by atoms with Crippen molar-refractivity contribution in [2.75, 3.05) is 53.7 Å². The molecule has 2 rings (SSSR count). The molecule has 8 heteroatoms. The predicted molar refractivity (Wildman–Crippen MR) is 139 cm³/mol. The van der Waals surface area contributed by atoms with Crippen molar-refractivity contribution in [3.63, 3.8) is 0 Å². The fourth-order valence-electron chi connectivity index (χ4n) is 6.12. The number of rotatable bonds is 11. The second kappa shape index (κ2) is 11.9. The standard InChI is InChI=1S/C26H50N4O4/c1-23(2)17-21(18-24(3,4)29(23)31-9)27-11-13-33-15-16-34-14-12-28-22-19-25(5,6)30(32-10)26(7,8)20-22/h11-20H2,1-10H3. The molecule has 2 saturated heterocycles. The lowest BCUT2D eigenvalue weighted by molar-refractivity contribution is -0.250. The molecule has 0 saturated carbocycles. The van der Waals surface area contributed by atoms with Crippen LogP contribution in [-0.2, 0) is 19.1 Å². The van der Waals surface area contributed by atoms with Gasteiger partial charge in [-0.25, -0.2) is 0 Å². The van der Waals surface area contributed by atoms with E-state index >= 15 is 0 Å². The van der Waals surface area contributed by atoms with Crippen LogP contribution in [0.1, 0.15) is 81.1 Å². The fraction of sp³-hybridized carbons (Fsp3) is 0.923. The smallest absolute Gasteiger partial charge is 0.0701 e. The molecule has 2 fully saturated rings. The van der Waals surface area contributed by atoms with Gasteiger partial charge < -0.3 is 19.1 Å². The van der Waals surface area contributed by atoms with E-state index in [4.69, 9.17) is 29.1 Å². The van der Waals surface area contributed by atoms with Gasteiger partial charge >= 0.3 is 0 Å². The Labute approximate surface area is 208 Å². The van der Waals surface area contributed by atoms with E-state index in [2.05, 4.69) is 65.5 Å². The molecular weight excluding hydrogens is 432 g/mol. The van der Waals surface area contributed by atoms with Crippen LogP contribution in [0, 0.1) is 0 Å². The molecule has 2 aliphatic heterocycles. The third kappa shape index (κ3) is 7.80. The summed E-state index contributed by atoms with van der Waals surface area (Å²) in [6.07, 6.45) is 3.64. The first kappa shape index (κ1) is 29.3. The summed E-state index contributed by atoms with van der Waals surface area (Å²) in [5.41, 5.74) is 2.20. The van der Waals surface area contributed by atoms with Crippen molar-refractivity contribution in [2.45, 2.75) is 103 Å². The van der Waals surface area contributed by atoms with E-state index < -0.39 is 0 Å². The van der Waals surface area contributed by atoms with Gasteiger partial charge in [0.25, 0.3) is 0 Å². The van der Waals surface area contributed by atoms with E-state index in [9.17, 15) is 0 Å². The van der Waals surface area contributed by atoms with E-state index in [1.165, 1.54) is 11.4 Å². The average Bonchev–Trinajstić information content (AvgIpc) is 2.66. The van der Waals surface area contributed by atoms with Gasteiger partial charge in [0.05, 0.1) is 53.7 Å². The molecule has 0 aliphatic carbocycles. The van der Waals surface area contributed by atoms with Crippen LogP contribution in [0.4, 0.5) is 0 Å². The molecule has 0 radical (unpaired) electrons. The summed E-state index contributed by atoms with van der Waals surface area (Å²) in [5, 5.41) is 4.20. The third-order valence-corrected chi connectivity index (χ3v) is 6.63. The number of hydrogen-bond acceptors (Lipinski definition) is 8. The Morgan fingerprint density at radius 1 is 0.559 bits per heavy atom. The van der Waals surface area contributed by atoms with Crippen LogP contribution in [0.5, 0.6) is 0 Å². The van der Waals surface area contributed by atoms with Crippen LogP contribution in [0.15, 0.2) is 9.98 Å². The predicted octanol–water partition coefficient (Wildman–Crippen LogP) is 4.33. The Bertz CT molecular complexity index is 616. The second-order valence-electron chi connectivity index (χ2n) is 12.0. The van der Waals surface area contributed by atoms with Gasteiger partial charge in [-0.15, -0.1) is 0 Å². The number of aliphatic imine (C=N–C) groups is 2. The molecule has 2 aliphatic rings. The number of hydrogen-bond donors (Lipinski definition) is 0. The van der Waals surface area contributed by atoms with Crippen molar-refractivity contribution in [3.8, 4) is 0 Å². The SMILES string of the molecule is CON1C(C)(C)CC(=NCCOCCOCCN=C2CC(C)(C)N(OC)C(C)(C)C2)CC1(C)C. The summed E-state index contributed by atoms with van der Waals surface area (Å²) >= 11 is 0. The normalized spacial score (nSPS) is 24.3. The monoisotopic (exact) mass is 482 g/mol. The molecule has 34 heavy (non-hydrogen) atoms. The molecule has 0 aromatic heterocycles. The van der Waals surface area contributed by atoms with Crippen molar-refractivity contribution < 1.29 is 19.1 Å². The number of hydroxylamine groups is 4. The van der Waals surface area contributed by atoms with Crippen LogP contribution in [0.25, 0.3) is 0 Å². The van der Waals surface area contributed by atoms with Gasteiger partial charge in [0.15, 0.2) is 0 Å². The molecule has 0 spiro atoms. The summed E-state index contributed by atoms with van der Waals surface area (Å²) in [5.74, 6) is 0. The molecule has 0 aromatic rings. The first-order valence-corrected chi connectivity index (χ1v) is 12.6. The minimum absolute atomic E-state index is 0.0698. The van der Waals surface area contributed by atoms with E-state index in [1.807, 2.05) is 0 Å². The van der Waals surface area contributed by atoms with Gasteiger partial charge in [0, 0.05) is 59.3 Å². The zero-order chi connectivity index (χ0) is 25.6. The Hall–Kier alpha value is -0.900. The zero-order valence-electron chi connectivity index (χ0n) is 23.5. The van der Waals surface area contributed by atoms with Crippen molar-refractivity contribution in [1.29, 1.82) is 0 Å². The first-order valence-electron chi connectivity index (χ1n) is 12.6. The summed E-state index contributed by atoms with van der Waals surface area (Å²) < 4.78 is 11.4. The highest BCUT2D eigenvalue weighted by Crippen LogP contribution is 2.37. The molecule has 0 N–H and O–H groups in total. The highest BCUT2D eigenvalue weighted by atomic mass is 16.7. The topological polar surface area (TPSA) is 68.1 Å². The number of nitrogens with zero attached hydrogens (tertiary/aromatic N) is 4. The Kier molecular flexibility index (Phi) is 10.3. The Balaban J connectivity index is 1.62.